The van der Waals surface area contributed by atoms with Crippen LogP contribution in [0.25, 0.3) is 20.4 Å². The highest BCUT2D eigenvalue weighted by Gasteiger charge is 2.31. The Kier molecular flexibility index (Phi) is 7.38. The summed E-state index contributed by atoms with van der Waals surface area (Å²) in [5.41, 5.74) is 2.53. The molecule has 2 saturated carbocycles. The van der Waals surface area contributed by atoms with Gasteiger partial charge in [0.15, 0.2) is 10.3 Å². The minimum Gasteiger partial charge on any atom is -0.508 e. The molecular weight excluding hydrogens is 588 g/mol. The number of aromatic hydroxyl groups is 2. The number of anilines is 2. The summed E-state index contributed by atoms with van der Waals surface area (Å²) < 4.78 is 2.47. The summed E-state index contributed by atoms with van der Waals surface area (Å²) in [5, 5.41) is 50.4. The van der Waals surface area contributed by atoms with Crippen LogP contribution < -0.4 is 10.6 Å². The van der Waals surface area contributed by atoms with Gasteiger partial charge in [-0.2, -0.15) is 0 Å². The molecule has 2 aliphatic carbocycles. The van der Waals surface area contributed by atoms with E-state index in [1.54, 1.807) is 18.2 Å². The number of fused-ring (bicyclic) bond motifs is 2. The summed E-state index contributed by atoms with van der Waals surface area (Å²) in [4.78, 5) is 9.36. The molecule has 2 heterocycles. The first-order valence-corrected chi connectivity index (χ1v) is 15.6. The van der Waals surface area contributed by atoms with Gasteiger partial charge in [0.1, 0.15) is 11.5 Å². The first-order chi connectivity index (χ1) is 18.4. The fraction of sp³-hybridized carbons (Fsp3) is 0.481. The Labute approximate surface area is 236 Å². The largest absolute Gasteiger partial charge is 0.508 e. The van der Waals surface area contributed by atoms with Crippen LogP contribution in [0.4, 0.5) is 10.3 Å². The quantitative estimate of drug-likeness (QED) is 0.156. The van der Waals surface area contributed by atoms with Crippen LogP contribution in [0.1, 0.15) is 50.5 Å². The Morgan fingerprint density at radius 1 is 0.789 bits per heavy atom. The van der Waals surface area contributed by atoms with Crippen LogP contribution in [0.3, 0.4) is 0 Å². The average molecular weight is 620 g/mol. The number of rotatable bonds is 6. The predicted octanol–water partition coefficient (Wildman–Crippen LogP) is 5.98. The van der Waals surface area contributed by atoms with Crippen LogP contribution >= 0.6 is 38.6 Å². The lowest BCUT2D eigenvalue weighted by Crippen LogP contribution is -2.39. The summed E-state index contributed by atoms with van der Waals surface area (Å²) in [6, 6.07) is 6.87. The molecule has 11 heteroatoms. The third-order valence-electron chi connectivity index (χ3n) is 7.88. The molecule has 4 aromatic rings. The van der Waals surface area contributed by atoms with Crippen molar-refractivity contribution in [1.29, 1.82) is 0 Å². The summed E-state index contributed by atoms with van der Waals surface area (Å²) in [6.07, 6.45) is 6.02. The van der Waals surface area contributed by atoms with Gasteiger partial charge in [-0.15, -0.1) is 0 Å². The first-order valence-electron chi connectivity index (χ1n) is 13.1. The predicted molar refractivity (Wildman–Crippen MR) is 157 cm³/mol. The first kappa shape index (κ1) is 26.1. The standard InChI is InChI=1S/C27H31BrN4O4S2/c28-23-21(35)10-8-18-25(23)38-27(32-18)30-16-6-5-13(12-22(16)36)11-14-19(33)9-7-17-24(14)37-26(31-17)29-15-3-1-2-4-20(15)34/h7-10,13,15-16,20,22,33-36H,1-6,11-12H2,(H,29,31)(H,30,32)/t13?,15-,16-,20-,22-/m1/s1. The van der Waals surface area contributed by atoms with E-state index in [2.05, 4.69) is 31.5 Å². The molecule has 0 radical (unpaired) electrons. The lowest BCUT2D eigenvalue weighted by Gasteiger charge is -2.33. The minimum atomic E-state index is -0.537. The Hall–Kier alpha value is -2.18. The Morgan fingerprint density at radius 3 is 2.13 bits per heavy atom. The van der Waals surface area contributed by atoms with Crippen LogP contribution in [0.15, 0.2) is 28.7 Å². The minimum absolute atomic E-state index is 0.0153. The lowest BCUT2D eigenvalue weighted by molar-refractivity contribution is 0.0882. The van der Waals surface area contributed by atoms with Crippen LogP contribution in [-0.4, -0.2) is 54.7 Å². The summed E-state index contributed by atoms with van der Waals surface area (Å²) in [7, 11) is 0. The second-order valence-electron chi connectivity index (χ2n) is 10.5. The van der Waals surface area contributed by atoms with E-state index in [9.17, 15) is 20.4 Å². The average Bonchev–Trinajstić information content (AvgIpc) is 3.50. The SMILES string of the molecule is Oc1ccc2nc(N[C@@H]3CCC(Cc4c(O)ccc5nc(N[C@@H]6CCCC[C@H]6O)sc45)C[C@H]3O)sc2c1Br. The summed E-state index contributed by atoms with van der Waals surface area (Å²) >= 11 is 6.41. The molecule has 0 amide bonds. The van der Waals surface area contributed by atoms with Crippen molar-refractivity contribution in [3.05, 3.63) is 34.3 Å². The van der Waals surface area contributed by atoms with Gasteiger partial charge in [0.05, 0.1) is 49.2 Å². The molecule has 0 bridgehead atoms. The number of thiazole rings is 2. The monoisotopic (exact) mass is 618 g/mol. The molecule has 2 aromatic carbocycles. The van der Waals surface area contributed by atoms with Gasteiger partial charge in [-0.3, -0.25) is 0 Å². The van der Waals surface area contributed by atoms with Crippen molar-refractivity contribution in [2.75, 3.05) is 10.6 Å². The Morgan fingerprint density at radius 2 is 1.42 bits per heavy atom. The number of phenolic OH excluding ortho intramolecular Hbond substituents is 2. The second-order valence-corrected chi connectivity index (χ2v) is 13.3. The van der Waals surface area contributed by atoms with E-state index < -0.39 is 6.10 Å². The zero-order valence-electron chi connectivity index (χ0n) is 20.7. The number of hydrogen-bond donors (Lipinski definition) is 6. The van der Waals surface area contributed by atoms with Crippen LogP contribution in [0.2, 0.25) is 0 Å². The van der Waals surface area contributed by atoms with E-state index in [4.69, 9.17) is 4.98 Å². The van der Waals surface area contributed by atoms with Crippen LogP contribution in [0.5, 0.6) is 11.5 Å². The van der Waals surface area contributed by atoms with Gasteiger partial charge >= 0.3 is 0 Å². The third kappa shape index (κ3) is 5.19. The lowest BCUT2D eigenvalue weighted by atomic mass is 9.80. The highest BCUT2D eigenvalue weighted by atomic mass is 79.9. The zero-order chi connectivity index (χ0) is 26.4. The Balaban J connectivity index is 1.13. The normalized spacial score (nSPS) is 26.1. The zero-order valence-corrected chi connectivity index (χ0v) is 23.9. The third-order valence-corrected chi connectivity index (χ3v) is 11.0. The highest BCUT2D eigenvalue weighted by Crippen LogP contribution is 2.41. The summed E-state index contributed by atoms with van der Waals surface area (Å²) in [5.74, 6) is 0.685. The van der Waals surface area contributed by atoms with Crippen molar-refractivity contribution in [2.45, 2.75) is 75.7 Å². The van der Waals surface area contributed by atoms with Crippen molar-refractivity contribution in [3.63, 3.8) is 0 Å². The van der Waals surface area contributed by atoms with Gasteiger partial charge in [0.2, 0.25) is 0 Å². The van der Waals surface area contributed by atoms with Crippen molar-refractivity contribution in [3.8, 4) is 11.5 Å². The second kappa shape index (κ2) is 10.8. The number of aliphatic hydroxyl groups excluding tert-OH is 2. The molecule has 5 atom stereocenters. The number of aromatic nitrogens is 2. The molecule has 38 heavy (non-hydrogen) atoms. The molecule has 0 saturated heterocycles. The van der Waals surface area contributed by atoms with E-state index in [1.165, 1.54) is 22.7 Å². The van der Waals surface area contributed by atoms with Crippen molar-refractivity contribution < 1.29 is 20.4 Å². The molecule has 0 spiro atoms. The van der Waals surface area contributed by atoms with Gasteiger partial charge < -0.3 is 31.1 Å². The molecule has 2 fully saturated rings. The van der Waals surface area contributed by atoms with E-state index in [0.717, 1.165) is 74.8 Å². The molecule has 2 aromatic heterocycles. The fourth-order valence-electron chi connectivity index (χ4n) is 5.78. The molecule has 1 unspecified atom stereocenters. The van der Waals surface area contributed by atoms with Crippen molar-refractivity contribution in [1.82, 2.24) is 9.97 Å². The van der Waals surface area contributed by atoms with E-state index in [0.29, 0.717) is 17.3 Å². The number of aliphatic hydroxyl groups is 2. The number of nitrogens with one attached hydrogen (secondary N) is 2. The number of benzene rings is 2. The molecule has 6 N–H and O–H groups in total. The van der Waals surface area contributed by atoms with Crippen LogP contribution in [-0.2, 0) is 6.42 Å². The van der Waals surface area contributed by atoms with E-state index in [-0.39, 0.29) is 35.6 Å². The molecule has 2 aliphatic rings. The van der Waals surface area contributed by atoms with Gasteiger partial charge in [-0.05, 0) is 84.6 Å². The molecule has 202 valence electrons. The smallest absolute Gasteiger partial charge is 0.184 e. The van der Waals surface area contributed by atoms with Gasteiger partial charge in [0.25, 0.3) is 0 Å². The molecule has 8 nitrogen and oxygen atoms in total. The maximum absolute atomic E-state index is 11.0. The van der Waals surface area contributed by atoms with Crippen molar-refractivity contribution in [2.24, 2.45) is 5.92 Å². The molecule has 0 aliphatic heterocycles. The number of halogens is 1. The van der Waals surface area contributed by atoms with E-state index >= 15 is 0 Å². The number of phenols is 2. The maximum Gasteiger partial charge on any atom is 0.184 e. The van der Waals surface area contributed by atoms with E-state index in [1.807, 2.05) is 6.07 Å². The molecule has 6 rings (SSSR count). The van der Waals surface area contributed by atoms with Gasteiger partial charge in [-0.25, -0.2) is 9.97 Å². The number of nitrogens with zero attached hydrogens (tertiary/aromatic N) is 2. The van der Waals surface area contributed by atoms with Gasteiger partial charge in [-0.1, -0.05) is 35.5 Å². The number of hydrogen-bond acceptors (Lipinski definition) is 10. The Bertz CT molecular complexity index is 1460. The summed E-state index contributed by atoms with van der Waals surface area (Å²) in [6.45, 7) is 0. The molecular formula is C27H31BrN4O4S2. The topological polar surface area (TPSA) is 131 Å². The van der Waals surface area contributed by atoms with Gasteiger partial charge in [0, 0.05) is 5.56 Å². The maximum atomic E-state index is 11.0. The highest BCUT2D eigenvalue weighted by molar-refractivity contribution is 9.10. The van der Waals surface area contributed by atoms with Crippen LogP contribution in [0, 0.1) is 5.92 Å². The van der Waals surface area contributed by atoms with Crippen molar-refractivity contribution >= 4 is 69.3 Å². The fourth-order valence-corrected chi connectivity index (χ4v) is 8.39.